The molecule has 3 saturated heterocycles. The maximum absolute atomic E-state index is 10.6. The molecule has 0 aromatic rings. The Kier molecular flexibility index (Phi) is 9.54. The molecule has 200 valence electrons. The lowest BCUT2D eigenvalue weighted by Crippen LogP contribution is -2.67. The monoisotopic (exact) mass is 504 g/mol. The summed E-state index contributed by atoms with van der Waals surface area (Å²) in [7, 11) is 0. The minimum absolute atomic E-state index is 0.762. The lowest BCUT2D eigenvalue weighted by molar-refractivity contribution is -0.387. The second kappa shape index (κ2) is 11.6. The highest BCUT2D eigenvalue weighted by Gasteiger charge is 2.53. The van der Waals surface area contributed by atoms with E-state index in [0.29, 0.717) is 0 Å². The molecular formula is C18H32O16. The number of hydrogen-bond acceptors (Lipinski definition) is 16. The SMILES string of the molecule is OC[C@H]1O[C@H](O)[C@H](O)[C@@H](O[C@H]2O[C@H](CO)[C@@H](O)[C@H](O)[C@H]2O[C@H]2O[C@H](CO)[C@@H](O)[C@H](O)[C@H]2O)[C@H]1O. The number of hydrogen-bond donors (Lipinski definition) is 11. The topological polar surface area (TPSA) is 269 Å². The molecule has 3 fully saturated rings. The van der Waals surface area contributed by atoms with Crippen LogP contribution in [-0.2, 0) is 23.7 Å². The Morgan fingerprint density at radius 1 is 0.441 bits per heavy atom. The van der Waals surface area contributed by atoms with E-state index in [1.807, 2.05) is 0 Å². The van der Waals surface area contributed by atoms with E-state index >= 15 is 0 Å². The van der Waals surface area contributed by atoms with Crippen molar-refractivity contribution in [2.24, 2.45) is 0 Å². The summed E-state index contributed by atoms with van der Waals surface area (Å²) in [4.78, 5) is 0. The zero-order valence-electron chi connectivity index (χ0n) is 17.7. The van der Waals surface area contributed by atoms with Crippen LogP contribution >= 0.6 is 0 Å². The third-order valence-electron chi connectivity index (χ3n) is 6.10. The van der Waals surface area contributed by atoms with Gasteiger partial charge in [0.1, 0.15) is 73.2 Å². The summed E-state index contributed by atoms with van der Waals surface area (Å²) in [5, 5.41) is 110. The molecule has 0 aliphatic carbocycles. The molecule has 0 radical (unpaired) electrons. The van der Waals surface area contributed by atoms with E-state index in [-0.39, 0.29) is 0 Å². The minimum atomic E-state index is -1.89. The number of rotatable bonds is 7. The van der Waals surface area contributed by atoms with Crippen molar-refractivity contribution in [3.63, 3.8) is 0 Å². The zero-order valence-corrected chi connectivity index (χ0v) is 17.7. The molecule has 3 aliphatic rings. The number of aliphatic hydroxyl groups excluding tert-OH is 11. The van der Waals surface area contributed by atoms with E-state index in [1.165, 1.54) is 0 Å². The van der Waals surface area contributed by atoms with Crippen molar-refractivity contribution in [3.05, 3.63) is 0 Å². The van der Waals surface area contributed by atoms with Crippen LogP contribution in [0.5, 0.6) is 0 Å². The average molecular weight is 504 g/mol. The number of ether oxygens (including phenoxy) is 5. The average Bonchev–Trinajstić information content (AvgIpc) is 2.83. The van der Waals surface area contributed by atoms with Crippen LogP contribution in [0.2, 0.25) is 0 Å². The van der Waals surface area contributed by atoms with Crippen LogP contribution in [0.1, 0.15) is 0 Å². The Morgan fingerprint density at radius 2 is 0.912 bits per heavy atom. The molecule has 0 bridgehead atoms. The van der Waals surface area contributed by atoms with E-state index in [1.54, 1.807) is 0 Å². The maximum atomic E-state index is 10.6. The van der Waals surface area contributed by atoms with Crippen molar-refractivity contribution < 1.29 is 79.9 Å². The van der Waals surface area contributed by atoms with E-state index in [4.69, 9.17) is 23.7 Å². The lowest BCUT2D eigenvalue weighted by atomic mass is 9.96. The maximum Gasteiger partial charge on any atom is 0.187 e. The van der Waals surface area contributed by atoms with Gasteiger partial charge in [0.15, 0.2) is 18.9 Å². The van der Waals surface area contributed by atoms with E-state index in [9.17, 15) is 56.2 Å². The first-order chi connectivity index (χ1) is 16.0. The van der Waals surface area contributed by atoms with Crippen LogP contribution in [0.3, 0.4) is 0 Å². The summed E-state index contributed by atoms with van der Waals surface area (Å²) < 4.78 is 26.5. The molecule has 0 spiro atoms. The molecule has 0 aromatic carbocycles. The molecule has 3 heterocycles. The highest BCUT2D eigenvalue weighted by molar-refractivity contribution is 4.96. The van der Waals surface area contributed by atoms with Crippen LogP contribution in [0.4, 0.5) is 0 Å². The van der Waals surface area contributed by atoms with Crippen LogP contribution in [0.15, 0.2) is 0 Å². The van der Waals surface area contributed by atoms with E-state index in [0.717, 1.165) is 0 Å². The summed E-state index contributed by atoms with van der Waals surface area (Å²) in [6.45, 7) is -2.34. The largest absolute Gasteiger partial charge is 0.394 e. The molecule has 15 atom stereocenters. The van der Waals surface area contributed by atoms with Gasteiger partial charge in [-0.1, -0.05) is 0 Å². The Labute approximate surface area is 192 Å². The fourth-order valence-electron chi connectivity index (χ4n) is 4.03. The van der Waals surface area contributed by atoms with E-state index < -0.39 is 112 Å². The minimum Gasteiger partial charge on any atom is -0.394 e. The molecule has 0 aromatic heterocycles. The molecule has 3 aliphatic heterocycles. The molecule has 16 nitrogen and oxygen atoms in total. The van der Waals surface area contributed by atoms with Gasteiger partial charge in [-0.25, -0.2) is 0 Å². The smallest absolute Gasteiger partial charge is 0.187 e. The number of aliphatic hydroxyl groups is 11. The molecule has 34 heavy (non-hydrogen) atoms. The van der Waals surface area contributed by atoms with Crippen LogP contribution < -0.4 is 0 Å². The fourth-order valence-corrected chi connectivity index (χ4v) is 4.03. The first-order valence-corrected chi connectivity index (χ1v) is 10.6. The van der Waals surface area contributed by atoms with Gasteiger partial charge in [0, 0.05) is 0 Å². The lowest BCUT2D eigenvalue weighted by Gasteiger charge is -2.48. The Hall–Kier alpha value is -0.640. The molecule has 0 saturated carbocycles. The summed E-state index contributed by atoms with van der Waals surface area (Å²) >= 11 is 0. The first kappa shape index (κ1) is 27.9. The molecular weight excluding hydrogens is 472 g/mol. The highest BCUT2D eigenvalue weighted by atomic mass is 16.8. The van der Waals surface area contributed by atoms with Gasteiger partial charge >= 0.3 is 0 Å². The predicted octanol–water partition coefficient (Wildman–Crippen LogP) is -7.57. The summed E-state index contributed by atoms with van der Waals surface area (Å²) in [6, 6.07) is 0. The van der Waals surface area contributed by atoms with Gasteiger partial charge < -0.3 is 79.9 Å². The van der Waals surface area contributed by atoms with Gasteiger partial charge in [0.2, 0.25) is 0 Å². The molecule has 11 N–H and O–H groups in total. The highest BCUT2D eigenvalue weighted by Crippen LogP contribution is 2.32. The Bertz CT molecular complexity index is 639. The Balaban J connectivity index is 1.84. The van der Waals surface area contributed by atoms with Crippen molar-refractivity contribution in [1.29, 1.82) is 0 Å². The summed E-state index contributed by atoms with van der Waals surface area (Å²) in [6.07, 6.45) is -25.7. The first-order valence-electron chi connectivity index (χ1n) is 10.6. The van der Waals surface area contributed by atoms with Gasteiger partial charge in [-0.05, 0) is 0 Å². The molecule has 0 unspecified atom stereocenters. The van der Waals surface area contributed by atoms with Crippen LogP contribution in [-0.4, -0.2) is 168 Å². The molecule has 3 rings (SSSR count). The standard InChI is InChI=1S/C18H32O16/c19-1-4-7(22)10(25)12(27)17(31-4)34-15-11(26)8(23)5(2-20)32-18(15)33-14-9(24)6(3-21)30-16(29)13(14)28/h4-29H,1-3H2/t4-,5-,6-,7-,8-,9+,10+,11+,12-,13-,14+,15-,16+,17-,18-/m1/s1. The van der Waals surface area contributed by atoms with Gasteiger partial charge in [0.25, 0.3) is 0 Å². The predicted molar refractivity (Wildman–Crippen MR) is 101 cm³/mol. The van der Waals surface area contributed by atoms with Gasteiger partial charge in [-0.3, -0.25) is 0 Å². The third-order valence-corrected chi connectivity index (χ3v) is 6.10. The van der Waals surface area contributed by atoms with E-state index in [2.05, 4.69) is 0 Å². The zero-order chi connectivity index (χ0) is 25.3. The Morgan fingerprint density at radius 3 is 1.47 bits per heavy atom. The second-order valence-electron chi connectivity index (χ2n) is 8.33. The van der Waals surface area contributed by atoms with Crippen molar-refractivity contribution in [1.82, 2.24) is 0 Å². The van der Waals surface area contributed by atoms with Crippen LogP contribution in [0, 0.1) is 0 Å². The summed E-state index contributed by atoms with van der Waals surface area (Å²) in [5.74, 6) is 0. The third kappa shape index (κ3) is 5.37. The molecule has 16 heteroatoms. The quantitative estimate of drug-likeness (QED) is 0.154. The van der Waals surface area contributed by atoms with Crippen LogP contribution in [0.25, 0.3) is 0 Å². The van der Waals surface area contributed by atoms with Crippen molar-refractivity contribution in [2.75, 3.05) is 19.8 Å². The normalized spacial score (nSPS) is 52.5. The second-order valence-corrected chi connectivity index (χ2v) is 8.33. The van der Waals surface area contributed by atoms with Gasteiger partial charge in [0.05, 0.1) is 19.8 Å². The fraction of sp³-hybridized carbons (Fsp3) is 1.00. The molecule has 0 amide bonds. The van der Waals surface area contributed by atoms with Crippen molar-refractivity contribution >= 4 is 0 Å². The van der Waals surface area contributed by atoms with Gasteiger partial charge in [-0.15, -0.1) is 0 Å². The van der Waals surface area contributed by atoms with Gasteiger partial charge in [-0.2, -0.15) is 0 Å². The van der Waals surface area contributed by atoms with Crippen molar-refractivity contribution in [3.8, 4) is 0 Å². The van der Waals surface area contributed by atoms with Crippen molar-refractivity contribution in [2.45, 2.75) is 92.1 Å². The summed E-state index contributed by atoms with van der Waals surface area (Å²) in [5.41, 5.74) is 0.